The van der Waals surface area contributed by atoms with Crippen LogP contribution in [0.1, 0.15) is 12.1 Å². The summed E-state index contributed by atoms with van der Waals surface area (Å²) in [5, 5.41) is 0. The van der Waals surface area contributed by atoms with Gasteiger partial charge in [0.25, 0.3) is 6.43 Å². The van der Waals surface area contributed by atoms with E-state index in [1.807, 2.05) is 0 Å². The molecule has 0 aromatic carbocycles. The van der Waals surface area contributed by atoms with Crippen molar-refractivity contribution in [2.75, 3.05) is 0 Å². The third-order valence-electron chi connectivity index (χ3n) is 1.05. The Bertz CT molecular complexity index is 264. The van der Waals surface area contributed by atoms with Crippen LogP contribution in [0.2, 0.25) is 0 Å². The number of alkyl halides is 2. The van der Waals surface area contributed by atoms with Gasteiger partial charge in [0.15, 0.2) is 0 Å². The van der Waals surface area contributed by atoms with E-state index in [-0.39, 0.29) is 4.47 Å². The summed E-state index contributed by atoms with van der Waals surface area (Å²) in [7, 11) is 0. The predicted molar refractivity (Wildman–Crippen MR) is 36.9 cm³/mol. The van der Waals surface area contributed by atoms with Crippen molar-refractivity contribution in [3.63, 3.8) is 0 Å². The van der Waals surface area contributed by atoms with Crippen LogP contribution in [0.15, 0.2) is 16.6 Å². The molecular weight excluding hydrogens is 223 g/mol. The van der Waals surface area contributed by atoms with Crippen molar-refractivity contribution in [3.8, 4) is 0 Å². The molecule has 1 aromatic heterocycles. The first-order chi connectivity index (χ1) is 5.11. The fourth-order valence-corrected chi connectivity index (χ4v) is 0.774. The molecule has 0 bridgehead atoms. The highest BCUT2D eigenvalue weighted by atomic mass is 79.9. The maximum Gasteiger partial charge on any atom is 0.280 e. The molecule has 0 unspecified atom stereocenters. The van der Waals surface area contributed by atoms with Gasteiger partial charge in [0.05, 0.1) is 4.47 Å². The summed E-state index contributed by atoms with van der Waals surface area (Å²) in [6.45, 7) is 0. The van der Waals surface area contributed by atoms with Crippen molar-refractivity contribution in [3.05, 3.63) is 28.2 Å². The third kappa shape index (κ3) is 1.92. The molecule has 0 saturated heterocycles. The SMILES string of the molecule is Fc1nc(C(F)F)ccc1Br. The number of hydrogen-bond donors (Lipinski definition) is 0. The Morgan fingerprint density at radius 1 is 1.36 bits per heavy atom. The van der Waals surface area contributed by atoms with E-state index < -0.39 is 18.1 Å². The van der Waals surface area contributed by atoms with E-state index in [0.717, 1.165) is 6.07 Å². The van der Waals surface area contributed by atoms with Gasteiger partial charge < -0.3 is 0 Å². The van der Waals surface area contributed by atoms with Gasteiger partial charge in [0, 0.05) is 0 Å². The van der Waals surface area contributed by atoms with Crippen molar-refractivity contribution >= 4 is 15.9 Å². The minimum absolute atomic E-state index is 0.0851. The van der Waals surface area contributed by atoms with Gasteiger partial charge in [0.1, 0.15) is 5.69 Å². The first-order valence-corrected chi connectivity index (χ1v) is 3.50. The van der Waals surface area contributed by atoms with Gasteiger partial charge in [-0.15, -0.1) is 0 Å². The van der Waals surface area contributed by atoms with E-state index in [9.17, 15) is 13.2 Å². The maximum absolute atomic E-state index is 12.4. The van der Waals surface area contributed by atoms with Gasteiger partial charge in [-0.25, -0.2) is 13.8 Å². The number of rotatable bonds is 1. The van der Waals surface area contributed by atoms with Crippen LogP contribution in [0.5, 0.6) is 0 Å². The zero-order valence-corrected chi connectivity index (χ0v) is 6.78. The van der Waals surface area contributed by atoms with E-state index in [1.165, 1.54) is 6.07 Å². The molecule has 0 aliphatic heterocycles. The lowest BCUT2D eigenvalue weighted by Crippen LogP contribution is -1.93. The van der Waals surface area contributed by atoms with Crippen molar-refractivity contribution in [2.24, 2.45) is 0 Å². The number of aromatic nitrogens is 1. The minimum atomic E-state index is -2.72. The van der Waals surface area contributed by atoms with E-state index in [4.69, 9.17) is 0 Å². The minimum Gasteiger partial charge on any atom is -0.218 e. The fraction of sp³-hybridized carbons (Fsp3) is 0.167. The summed E-state index contributed by atoms with van der Waals surface area (Å²) in [5.74, 6) is -0.914. The van der Waals surface area contributed by atoms with Crippen LogP contribution in [0.3, 0.4) is 0 Å². The van der Waals surface area contributed by atoms with Gasteiger partial charge in [0.2, 0.25) is 5.95 Å². The highest BCUT2D eigenvalue weighted by Crippen LogP contribution is 2.20. The summed E-state index contributed by atoms with van der Waals surface area (Å²) in [5.41, 5.74) is -0.550. The van der Waals surface area contributed by atoms with E-state index in [1.54, 1.807) is 0 Å². The third-order valence-corrected chi connectivity index (χ3v) is 1.64. The lowest BCUT2D eigenvalue weighted by Gasteiger charge is -1.98. The molecule has 5 heteroatoms. The molecule has 1 heterocycles. The average Bonchev–Trinajstić information content (AvgIpc) is 1.94. The summed E-state index contributed by atoms with van der Waals surface area (Å²) in [6, 6.07) is 2.27. The topological polar surface area (TPSA) is 12.9 Å². The van der Waals surface area contributed by atoms with Crippen LogP contribution in [-0.4, -0.2) is 4.98 Å². The van der Waals surface area contributed by atoms with Gasteiger partial charge in [-0.3, -0.25) is 0 Å². The van der Waals surface area contributed by atoms with E-state index in [0.29, 0.717) is 0 Å². The molecule has 0 N–H and O–H groups in total. The van der Waals surface area contributed by atoms with Gasteiger partial charge in [-0.1, -0.05) is 0 Å². The zero-order chi connectivity index (χ0) is 8.43. The molecule has 60 valence electrons. The first-order valence-electron chi connectivity index (χ1n) is 2.71. The van der Waals surface area contributed by atoms with Crippen molar-refractivity contribution in [1.29, 1.82) is 0 Å². The Labute approximate surface area is 69.4 Å². The summed E-state index contributed by atoms with van der Waals surface area (Å²) >= 11 is 2.80. The summed E-state index contributed by atoms with van der Waals surface area (Å²) in [6.07, 6.45) is -2.72. The quantitative estimate of drug-likeness (QED) is 0.671. The van der Waals surface area contributed by atoms with Crippen LogP contribution in [0.25, 0.3) is 0 Å². The second-order valence-electron chi connectivity index (χ2n) is 1.81. The molecule has 0 spiro atoms. The smallest absolute Gasteiger partial charge is 0.218 e. The van der Waals surface area contributed by atoms with Crippen molar-refractivity contribution in [1.82, 2.24) is 4.98 Å². The molecule has 0 fully saturated rings. The lowest BCUT2D eigenvalue weighted by atomic mass is 10.4. The van der Waals surface area contributed by atoms with Crippen LogP contribution in [0, 0.1) is 5.95 Å². The zero-order valence-electron chi connectivity index (χ0n) is 5.19. The number of hydrogen-bond acceptors (Lipinski definition) is 1. The molecule has 0 radical (unpaired) electrons. The highest BCUT2D eigenvalue weighted by molar-refractivity contribution is 9.10. The first kappa shape index (κ1) is 8.52. The second kappa shape index (κ2) is 3.21. The number of pyridine rings is 1. The summed E-state index contributed by atoms with van der Waals surface area (Å²) in [4.78, 5) is 3.01. The van der Waals surface area contributed by atoms with Crippen LogP contribution in [0.4, 0.5) is 13.2 Å². The van der Waals surface area contributed by atoms with Crippen LogP contribution >= 0.6 is 15.9 Å². The Morgan fingerprint density at radius 3 is 2.45 bits per heavy atom. The second-order valence-corrected chi connectivity index (χ2v) is 2.66. The number of nitrogens with zero attached hydrogens (tertiary/aromatic N) is 1. The molecule has 1 nitrogen and oxygen atoms in total. The Hall–Kier alpha value is -0.580. The average molecular weight is 226 g/mol. The Kier molecular flexibility index (Phi) is 2.49. The highest BCUT2D eigenvalue weighted by Gasteiger charge is 2.10. The largest absolute Gasteiger partial charge is 0.280 e. The summed E-state index contributed by atoms with van der Waals surface area (Å²) < 4.78 is 36.2. The normalized spacial score (nSPS) is 10.6. The van der Waals surface area contributed by atoms with Gasteiger partial charge >= 0.3 is 0 Å². The molecule has 0 aliphatic rings. The maximum atomic E-state index is 12.4. The van der Waals surface area contributed by atoms with E-state index >= 15 is 0 Å². The molecule has 0 atom stereocenters. The molecular formula is C6H3BrF3N. The predicted octanol–water partition coefficient (Wildman–Crippen LogP) is 2.92. The molecule has 11 heavy (non-hydrogen) atoms. The Balaban J connectivity index is 3.05. The van der Waals surface area contributed by atoms with Gasteiger partial charge in [-0.05, 0) is 28.1 Å². The molecule has 0 saturated carbocycles. The van der Waals surface area contributed by atoms with Crippen LogP contribution in [-0.2, 0) is 0 Å². The monoisotopic (exact) mass is 225 g/mol. The van der Waals surface area contributed by atoms with Gasteiger partial charge in [-0.2, -0.15) is 4.39 Å². The number of halogens is 4. The molecule has 1 rings (SSSR count). The Morgan fingerprint density at radius 2 is 2.00 bits per heavy atom. The lowest BCUT2D eigenvalue weighted by molar-refractivity contribution is 0.144. The molecule has 0 aliphatic carbocycles. The standard InChI is InChI=1S/C6H3BrF3N/c7-3-1-2-4(5(8)9)11-6(3)10/h1-2,5H. The van der Waals surface area contributed by atoms with Crippen molar-refractivity contribution < 1.29 is 13.2 Å². The fourth-order valence-electron chi connectivity index (χ4n) is 0.553. The van der Waals surface area contributed by atoms with Crippen molar-refractivity contribution in [2.45, 2.75) is 6.43 Å². The van der Waals surface area contributed by atoms with E-state index in [2.05, 4.69) is 20.9 Å². The van der Waals surface area contributed by atoms with Crippen LogP contribution < -0.4 is 0 Å². The molecule has 0 amide bonds. The molecule has 1 aromatic rings.